The molecule has 0 bridgehead atoms. The van der Waals surface area contributed by atoms with Crippen molar-refractivity contribution < 1.29 is 9.59 Å². The Bertz CT molecular complexity index is 618. The minimum absolute atomic E-state index is 0.0135. The van der Waals surface area contributed by atoms with Crippen molar-refractivity contribution in [1.82, 2.24) is 10.2 Å². The van der Waals surface area contributed by atoms with Crippen molar-refractivity contribution in [1.29, 1.82) is 0 Å². The number of nitrogens with one attached hydrogen (secondary N) is 1. The summed E-state index contributed by atoms with van der Waals surface area (Å²) in [6, 6.07) is 7.66. The molecule has 1 aromatic rings. The van der Waals surface area contributed by atoms with Crippen LogP contribution in [0.25, 0.3) is 0 Å². The van der Waals surface area contributed by atoms with Gasteiger partial charge in [-0.2, -0.15) is 11.8 Å². The van der Waals surface area contributed by atoms with Crippen molar-refractivity contribution >= 4 is 23.7 Å². The normalized spacial score (nSPS) is 30.6. The highest BCUT2D eigenvalue weighted by atomic mass is 32.2. The molecule has 0 unspecified atom stereocenters. The number of benzene rings is 1. The lowest BCUT2D eigenvalue weighted by molar-refractivity contribution is -0.128. The van der Waals surface area contributed by atoms with E-state index in [1.165, 1.54) is 16.0 Å². The summed E-state index contributed by atoms with van der Waals surface area (Å²) in [5.74, 6) is 0.825. The average Bonchev–Trinajstić information content (AvgIpc) is 3.07. The van der Waals surface area contributed by atoms with Gasteiger partial charge < -0.3 is 5.32 Å². The van der Waals surface area contributed by atoms with Gasteiger partial charge in [0.25, 0.3) is 5.91 Å². The van der Waals surface area contributed by atoms with Crippen molar-refractivity contribution in [2.24, 2.45) is 0 Å². The van der Waals surface area contributed by atoms with Crippen LogP contribution in [0, 0.1) is 6.92 Å². The van der Waals surface area contributed by atoms with Crippen LogP contribution in [0.1, 0.15) is 30.9 Å². The first-order valence-electron chi connectivity index (χ1n) is 7.67. The van der Waals surface area contributed by atoms with Crippen LogP contribution >= 0.6 is 11.8 Å². The third-order valence-electron chi connectivity index (χ3n) is 4.93. The number of rotatable bonds is 5. The molecule has 3 atom stereocenters. The number of carbonyl (C=O) groups excluding carboxylic acids is 2. The molecule has 4 nitrogen and oxygen atoms in total. The van der Waals surface area contributed by atoms with Crippen molar-refractivity contribution in [2.75, 3.05) is 12.0 Å². The second-order valence-corrected chi connectivity index (χ2v) is 7.43. The number of carbonyl (C=O) groups is 2. The van der Waals surface area contributed by atoms with Gasteiger partial charge in [0.2, 0.25) is 0 Å². The fourth-order valence-electron chi connectivity index (χ4n) is 3.50. The van der Waals surface area contributed by atoms with Gasteiger partial charge in [0.15, 0.2) is 0 Å². The number of hydrogen-bond donors (Lipinski definition) is 1. The number of aryl methyl sites for hydroxylation is 1. The smallest absolute Gasteiger partial charge is 0.325 e. The van der Waals surface area contributed by atoms with E-state index < -0.39 is 0 Å². The van der Waals surface area contributed by atoms with E-state index in [4.69, 9.17) is 0 Å². The van der Waals surface area contributed by atoms with Gasteiger partial charge in [-0.05, 0) is 42.9 Å². The topological polar surface area (TPSA) is 49.4 Å². The van der Waals surface area contributed by atoms with E-state index >= 15 is 0 Å². The highest BCUT2D eigenvalue weighted by Crippen LogP contribution is 2.52. The second kappa shape index (κ2) is 5.61. The SMILES string of the molecule is CSCC[C@@H]1NC(=O)N([C@@H]2C[C@]2(C)c2ccccc2C)C1=O. The van der Waals surface area contributed by atoms with Crippen LogP contribution in [-0.2, 0) is 10.2 Å². The predicted molar refractivity (Wildman–Crippen MR) is 89.1 cm³/mol. The quantitative estimate of drug-likeness (QED) is 0.849. The first-order chi connectivity index (χ1) is 10.5. The highest BCUT2D eigenvalue weighted by Gasteiger charge is 2.60. The van der Waals surface area contributed by atoms with E-state index in [1.54, 1.807) is 11.8 Å². The lowest BCUT2D eigenvalue weighted by Crippen LogP contribution is -2.37. The summed E-state index contributed by atoms with van der Waals surface area (Å²) in [6.45, 7) is 4.24. The molecule has 0 spiro atoms. The Morgan fingerprint density at radius 1 is 1.36 bits per heavy atom. The van der Waals surface area contributed by atoms with Crippen molar-refractivity contribution in [3.8, 4) is 0 Å². The number of amides is 3. The minimum Gasteiger partial charge on any atom is -0.326 e. The van der Waals surface area contributed by atoms with Gasteiger partial charge in [-0.3, -0.25) is 9.69 Å². The highest BCUT2D eigenvalue weighted by molar-refractivity contribution is 7.98. The summed E-state index contributed by atoms with van der Waals surface area (Å²) in [5.41, 5.74) is 2.36. The molecule has 1 N–H and O–H groups in total. The molecule has 2 fully saturated rings. The number of nitrogens with zero attached hydrogens (tertiary/aromatic N) is 1. The van der Waals surface area contributed by atoms with Crippen molar-refractivity contribution in [3.63, 3.8) is 0 Å². The van der Waals surface area contributed by atoms with Gasteiger partial charge in [-0.15, -0.1) is 0 Å². The first kappa shape index (κ1) is 15.4. The van der Waals surface area contributed by atoms with Crippen molar-refractivity contribution in [3.05, 3.63) is 35.4 Å². The van der Waals surface area contributed by atoms with Crippen LogP contribution < -0.4 is 5.32 Å². The Morgan fingerprint density at radius 3 is 2.77 bits per heavy atom. The molecule has 0 aromatic heterocycles. The summed E-state index contributed by atoms with van der Waals surface area (Å²) in [7, 11) is 0. The van der Waals surface area contributed by atoms with Gasteiger partial charge in [0, 0.05) is 5.41 Å². The van der Waals surface area contributed by atoms with Crippen LogP contribution in [0.15, 0.2) is 24.3 Å². The number of urea groups is 1. The van der Waals surface area contributed by atoms with Gasteiger partial charge >= 0.3 is 6.03 Å². The van der Waals surface area contributed by atoms with Crippen LogP contribution in [-0.4, -0.2) is 40.9 Å². The summed E-state index contributed by atoms with van der Waals surface area (Å²) in [4.78, 5) is 26.2. The zero-order valence-electron chi connectivity index (χ0n) is 13.3. The van der Waals surface area contributed by atoms with Gasteiger partial charge in [0.1, 0.15) is 6.04 Å². The number of thioether (sulfide) groups is 1. The maximum Gasteiger partial charge on any atom is 0.325 e. The fraction of sp³-hybridized carbons (Fsp3) is 0.529. The standard InChI is InChI=1S/C17H22N2O2S/c1-11-6-4-5-7-12(11)17(2)10-14(17)19-15(20)13(8-9-22-3)18-16(19)21/h4-7,13-14H,8-10H2,1-3H3,(H,18,21)/t13-,14+,17+/m0/s1. The molecular weight excluding hydrogens is 296 g/mol. The largest absolute Gasteiger partial charge is 0.326 e. The third kappa shape index (κ3) is 2.41. The predicted octanol–water partition coefficient (Wildman–Crippen LogP) is 2.70. The number of hydrogen-bond acceptors (Lipinski definition) is 3. The zero-order valence-corrected chi connectivity index (χ0v) is 14.1. The van der Waals surface area contributed by atoms with Crippen molar-refractivity contribution in [2.45, 2.75) is 44.2 Å². The molecule has 0 radical (unpaired) electrons. The zero-order chi connectivity index (χ0) is 15.9. The first-order valence-corrected chi connectivity index (χ1v) is 9.07. The molecule has 3 rings (SSSR count). The van der Waals surface area contributed by atoms with Crippen LogP contribution in [0.3, 0.4) is 0 Å². The fourth-order valence-corrected chi connectivity index (χ4v) is 3.97. The van der Waals surface area contributed by atoms with Crippen LogP contribution in [0.2, 0.25) is 0 Å². The summed E-state index contributed by atoms with van der Waals surface area (Å²) < 4.78 is 0. The minimum atomic E-state index is -0.346. The Hall–Kier alpha value is -1.49. The summed E-state index contributed by atoms with van der Waals surface area (Å²) >= 11 is 1.69. The molecule has 3 amide bonds. The Balaban J connectivity index is 1.78. The summed E-state index contributed by atoms with van der Waals surface area (Å²) in [6.07, 6.45) is 3.57. The molecule has 1 aliphatic heterocycles. The van der Waals surface area contributed by atoms with Gasteiger partial charge in [-0.25, -0.2) is 4.79 Å². The van der Waals surface area contributed by atoms with E-state index in [2.05, 4.69) is 31.3 Å². The Labute approximate surface area is 135 Å². The Kier molecular flexibility index (Phi) is 3.93. The van der Waals surface area contributed by atoms with Crippen LogP contribution in [0.5, 0.6) is 0 Å². The molecule has 2 aliphatic rings. The molecule has 1 saturated heterocycles. The monoisotopic (exact) mass is 318 g/mol. The molecular formula is C17H22N2O2S. The maximum atomic E-state index is 12.5. The molecule has 1 aliphatic carbocycles. The average molecular weight is 318 g/mol. The lowest BCUT2D eigenvalue weighted by Gasteiger charge is -2.19. The summed E-state index contributed by atoms with van der Waals surface area (Å²) in [5, 5.41) is 2.84. The van der Waals surface area contributed by atoms with E-state index in [1.807, 2.05) is 18.4 Å². The van der Waals surface area contributed by atoms with E-state index in [0.29, 0.717) is 6.42 Å². The number of imide groups is 1. The molecule has 1 heterocycles. The molecule has 1 saturated carbocycles. The lowest BCUT2D eigenvalue weighted by atomic mass is 9.93. The Morgan fingerprint density at radius 2 is 2.09 bits per heavy atom. The van der Waals surface area contributed by atoms with E-state index in [-0.39, 0.29) is 29.4 Å². The third-order valence-corrected chi connectivity index (χ3v) is 5.57. The second-order valence-electron chi connectivity index (χ2n) is 6.44. The maximum absolute atomic E-state index is 12.5. The molecule has 5 heteroatoms. The van der Waals surface area contributed by atoms with Gasteiger partial charge in [-0.1, -0.05) is 31.2 Å². The van der Waals surface area contributed by atoms with Gasteiger partial charge in [0.05, 0.1) is 6.04 Å². The molecule has 22 heavy (non-hydrogen) atoms. The van der Waals surface area contributed by atoms with E-state index in [9.17, 15) is 9.59 Å². The van der Waals surface area contributed by atoms with Crippen LogP contribution in [0.4, 0.5) is 4.79 Å². The van der Waals surface area contributed by atoms with E-state index in [0.717, 1.165) is 12.2 Å². The molecule has 118 valence electrons. The molecule has 1 aromatic carbocycles.